The number of hydrogen-bond donors (Lipinski definition) is 4. The molecule has 0 aliphatic carbocycles. The summed E-state index contributed by atoms with van der Waals surface area (Å²) in [6.07, 6.45) is 22.2. The highest BCUT2D eigenvalue weighted by Crippen LogP contribution is 2.34. The van der Waals surface area contributed by atoms with E-state index in [2.05, 4.69) is 9.97 Å². The fourth-order valence-electron chi connectivity index (χ4n) is 5.52. The van der Waals surface area contributed by atoms with E-state index in [9.17, 15) is 30.0 Å². The van der Waals surface area contributed by atoms with E-state index in [4.69, 9.17) is 23.0 Å². The minimum Gasteiger partial charge on any atom is -0.457 e. The van der Waals surface area contributed by atoms with Gasteiger partial charge in [0.2, 0.25) is 11.8 Å². The molecule has 1 saturated heterocycles. The van der Waals surface area contributed by atoms with Crippen LogP contribution >= 0.6 is 0 Å². The van der Waals surface area contributed by atoms with Crippen molar-refractivity contribution in [1.82, 2.24) is 9.97 Å². The van der Waals surface area contributed by atoms with Gasteiger partial charge in [-0.3, -0.25) is 0 Å². The lowest BCUT2D eigenvalue weighted by atomic mass is 9.79. The molecule has 0 amide bonds. The number of oxazole rings is 2. The van der Waals surface area contributed by atoms with Gasteiger partial charge in [-0.05, 0) is 13.8 Å². The number of ether oxygens (including phenoxy) is 3. The van der Waals surface area contributed by atoms with E-state index in [0.29, 0.717) is 0 Å². The Hall–Kier alpha value is -4.92. The zero-order chi connectivity index (χ0) is 40.2. The minimum absolute atomic E-state index is 0.0654. The zero-order valence-corrected chi connectivity index (χ0v) is 32.0. The normalized spacial score (nSPS) is 29.6. The molecule has 13 nitrogen and oxygen atoms in total. The Balaban J connectivity index is 1.59. The maximum Gasteiger partial charge on any atom is 0.360 e. The SMILES string of the molecule is C/C=C/C(O)C(C)(C)C1C/C=C\C(O)C(O)/C=C\C=C/c2nc(co2)C(=O)OC(C(C)(C)C(O)/C=C/C)C/C=C\C2OC2/C=C\C=C/c2nc(co2)C(=O)O1. The maximum atomic E-state index is 13.2. The number of fused-ring (bicyclic) bond motifs is 5. The Morgan fingerprint density at radius 1 is 0.673 bits per heavy atom. The first kappa shape index (κ1) is 42.8. The summed E-state index contributed by atoms with van der Waals surface area (Å²) in [6, 6.07) is 0. The summed E-state index contributed by atoms with van der Waals surface area (Å²) in [5, 5.41) is 42.9. The van der Waals surface area contributed by atoms with Gasteiger partial charge in [0.25, 0.3) is 0 Å². The average molecular weight is 761 g/mol. The van der Waals surface area contributed by atoms with Crippen molar-refractivity contribution in [1.29, 1.82) is 0 Å². The van der Waals surface area contributed by atoms with Crippen LogP contribution in [0.5, 0.6) is 0 Å². The van der Waals surface area contributed by atoms with Gasteiger partial charge in [0.05, 0.1) is 12.2 Å². The highest BCUT2D eigenvalue weighted by atomic mass is 16.6. The van der Waals surface area contributed by atoms with Crippen molar-refractivity contribution in [3.63, 3.8) is 0 Å². The number of rotatable bonds is 6. The van der Waals surface area contributed by atoms with E-state index in [0.717, 1.165) is 0 Å². The molecular formula is C42H52N2O11. The molecular weight excluding hydrogens is 708 g/mol. The predicted molar refractivity (Wildman–Crippen MR) is 205 cm³/mol. The standard InChI is InChI=1S/C42H52N2O11/c1-7-15-33(47)41(3,4)35-21-13-18-30(46)29(45)17-9-11-23-37-43-28(25-51-37)40(50)55-36(42(5,6)34(48)16-8-2)22-14-20-32-31(53-32)19-10-12-24-38-44-27(26-52-38)39(49)54-35/h7-20,23-26,29-36,45-48H,21-22H2,1-6H3/b15-7+,16-8+,17-9-,18-13-,19-10-,20-14-,23-11-,24-12-. The first-order chi connectivity index (χ1) is 26.2. The number of carbonyl (C=O) groups excluding carboxylic acids is 2. The summed E-state index contributed by atoms with van der Waals surface area (Å²) in [5.41, 5.74) is -1.97. The van der Waals surface area contributed by atoms with Gasteiger partial charge < -0.3 is 43.5 Å². The molecule has 0 radical (unpaired) electrons. The monoisotopic (exact) mass is 760 g/mol. The van der Waals surface area contributed by atoms with Crippen molar-refractivity contribution < 1.29 is 53.1 Å². The topological polar surface area (TPSA) is 198 Å². The second-order valence-corrected chi connectivity index (χ2v) is 14.4. The number of allylic oxidation sites excluding steroid dienone is 6. The summed E-state index contributed by atoms with van der Waals surface area (Å²) in [4.78, 5) is 34.8. The predicted octanol–water partition coefficient (Wildman–Crippen LogP) is 5.87. The van der Waals surface area contributed by atoms with E-state index < -0.39 is 59.4 Å². The largest absolute Gasteiger partial charge is 0.457 e. The molecule has 2 aliphatic rings. The Kier molecular flexibility index (Phi) is 15.3. The lowest BCUT2D eigenvalue weighted by molar-refractivity contribution is -0.0462. The number of aromatic nitrogens is 2. The fourth-order valence-corrected chi connectivity index (χ4v) is 5.52. The van der Waals surface area contributed by atoms with Crippen molar-refractivity contribution >= 4 is 24.1 Å². The first-order valence-electron chi connectivity index (χ1n) is 18.2. The molecule has 296 valence electrons. The number of esters is 2. The summed E-state index contributed by atoms with van der Waals surface area (Å²) in [5.74, 6) is -1.22. The molecule has 13 heteroatoms. The van der Waals surface area contributed by atoms with Crippen LogP contribution in [-0.2, 0) is 14.2 Å². The first-order valence-corrected chi connectivity index (χ1v) is 18.2. The van der Waals surface area contributed by atoms with Crippen molar-refractivity contribution in [3.05, 3.63) is 121 Å². The highest BCUT2D eigenvalue weighted by Gasteiger charge is 2.40. The Bertz CT molecular complexity index is 1820. The van der Waals surface area contributed by atoms with Crippen molar-refractivity contribution in [2.45, 2.75) is 103 Å². The van der Waals surface area contributed by atoms with Crippen molar-refractivity contribution in [2.75, 3.05) is 0 Å². The number of carbonyl (C=O) groups is 2. The molecule has 2 aromatic heterocycles. The van der Waals surface area contributed by atoms with Gasteiger partial charge in [0.15, 0.2) is 11.4 Å². The molecule has 1 fully saturated rings. The van der Waals surface area contributed by atoms with Gasteiger partial charge >= 0.3 is 11.9 Å². The smallest absolute Gasteiger partial charge is 0.360 e. The summed E-state index contributed by atoms with van der Waals surface area (Å²) in [7, 11) is 0. The third kappa shape index (κ3) is 12.0. The molecule has 0 aromatic carbocycles. The van der Waals surface area contributed by atoms with Crippen LogP contribution in [0, 0.1) is 10.8 Å². The van der Waals surface area contributed by atoms with Gasteiger partial charge in [-0.25, -0.2) is 19.6 Å². The third-order valence-corrected chi connectivity index (χ3v) is 9.47. The van der Waals surface area contributed by atoms with E-state index in [-0.39, 0.29) is 48.2 Å². The van der Waals surface area contributed by atoms with Crippen LogP contribution in [0.25, 0.3) is 12.2 Å². The molecule has 8 atom stereocenters. The number of aliphatic hydroxyl groups is 4. The van der Waals surface area contributed by atoms with Gasteiger partial charge in [-0.2, -0.15) is 0 Å². The molecule has 8 unspecified atom stereocenters. The van der Waals surface area contributed by atoms with E-state index >= 15 is 0 Å². The van der Waals surface area contributed by atoms with Crippen LogP contribution in [0.3, 0.4) is 0 Å². The molecule has 0 saturated carbocycles. The molecule has 2 aliphatic heterocycles. The fraction of sp³-hybridized carbons (Fsp3) is 0.429. The lowest BCUT2D eigenvalue weighted by Gasteiger charge is -2.36. The van der Waals surface area contributed by atoms with Crippen LogP contribution in [0.15, 0.2) is 106 Å². The number of nitrogens with zero attached hydrogens (tertiary/aromatic N) is 2. The van der Waals surface area contributed by atoms with Crippen LogP contribution in [-0.4, -0.2) is 91.2 Å². The quantitative estimate of drug-likeness (QED) is 0.155. The summed E-state index contributed by atoms with van der Waals surface area (Å²) >= 11 is 0. The molecule has 4 heterocycles. The maximum absolute atomic E-state index is 13.2. The van der Waals surface area contributed by atoms with Crippen LogP contribution in [0.1, 0.15) is 87.1 Å². The minimum atomic E-state index is -1.32. The molecule has 55 heavy (non-hydrogen) atoms. The number of cyclic esters (lactones) is 2. The number of hydrogen-bond acceptors (Lipinski definition) is 13. The Morgan fingerprint density at radius 2 is 1.11 bits per heavy atom. The average Bonchev–Trinajstić information content (AvgIpc) is 3.46. The van der Waals surface area contributed by atoms with Gasteiger partial charge in [-0.1, -0.05) is 113 Å². The molecule has 4 bridgehead atoms. The molecule has 2 aromatic rings. The highest BCUT2D eigenvalue weighted by molar-refractivity contribution is 5.87. The molecule has 4 N–H and O–H groups in total. The van der Waals surface area contributed by atoms with Crippen molar-refractivity contribution in [3.8, 4) is 0 Å². The van der Waals surface area contributed by atoms with E-state index in [1.807, 2.05) is 18.2 Å². The Labute approximate surface area is 321 Å². The van der Waals surface area contributed by atoms with Crippen LogP contribution in [0.2, 0.25) is 0 Å². The lowest BCUT2D eigenvalue weighted by Crippen LogP contribution is -2.42. The second-order valence-electron chi connectivity index (χ2n) is 14.4. The van der Waals surface area contributed by atoms with Crippen molar-refractivity contribution in [2.24, 2.45) is 10.8 Å². The van der Waals surface area contributed by atoms with Gasteiger partial charge in [0, 0.05) is 35.8 Å². The molecule has 0 spiro atoms. The summed E-state index contributed by atoms with van der Waals surface area (Å²) < 4.78 is 28.3. The van der Waals surface area contributed by atoms with E-state index in [1.165, 1.54) is 42.9 Å². The number of epoxide rings is 1. The van der Waals surface area contributed by atoms with Crippen LogP contribution in [0.4, 0.5) is 0 Å². The van der Waals surface area contributed by atoms with Gasteiger partial charge in [0.1, 0.15) is 49.2 Å². The van der Waals surface area contributed by atoms with E-state index in [1.54, 1.807) is 90.2 Å². The summed E-state index contributed by atoms with van der Waals surface area (Å²) in [6.45, 7) is 10.7. The number of aliphatic hydroxyl groups excluding tert-OH is 4. The second kappa shape index (κ2) is 19.6. The zero-order valence-electron chi connectivity index (χ0n) is 32.0. The van der Waals surface area contributed by atoms with Gasteiger partial charge in [-0.15, -0.1) is 0 Å². The molecule has 4 rings (SSSR count). The van der Waals surface area contributed by atoms with Crippen LogP contribution < -0.4 is 0 Å². The Morgan fingerprint density at radius 3 is 1.60 bits per heavy atom. The third-order valence-electron chi connectivity index (χ3n) is 9.47.